The number of aryl methyl sites for hydroxylation is 1. The van der Waals surface area contributed by atoms with Crippen LogP contribution in [0.15, 0.2) is 0 Å². The van der Waals surface area contributed by atoms with Crippen LogP contribution < -0.4 is 5.73 Å². The molecule has 3 nitrogen and oxygen atoms in total. The Morgan fingerprint density at radius 1 is 1.64 bits per heavy atom. The lowest BCUT2D eigenvalue weighted by molar-refractivity contribution is 0.0843. The molecule has 1 fully saturated rings. The molecule has 1 aromatic rings. The Kier molecular flexibility index (Phi) is 2.85. The minimum absolute atomic E-state index is 0.207. The number of rotatable bonds is 4. The van der Waals surface area contributed by atoms with Crippen LogP contribution in [-0.4, -0.2) is 12.1 Å². The fourth-order valence-corrected chi connectivity index (χ4v) is 2.77. The van der Waals surface area contributed by atoms with E-state index in [1.54, 1.807) is 18.4 Å². The highest BCUT2D eigenvalue weighted by atomic mass is 32.1. The molecule has 0 amide bonds. The van der Waals surface area contributed by atoms with Crippen molar-refractivity contribution in [3.8, 4) is 0 Å². The SMILES string of the molecule is COC(c1nc(C)c(CN)s1)C1CC1. The normalized spacial score (nSPS) is 18.5. The van der Waals surface area contributed by atoms with Gasteiger partial charge in [-0.2, -0.15) is 0 Å². The van der Waals surface area contributed by atoms with Crippen molar-refractivity contribution in [1.29, 1.82) is 0 Å². The summed E-state index contributed by atoms with van der Waals surface area (Å²) >= 11 is 1.70. The second kappa shape index (κ2) is 3.96. The fraction of sp³-hybridized carbons (Fsp3) is 0.700. The molecule has 1 unspecified atom stereocenters. The molecule has 0 spiro atoms. The van der Waals surface area contributed by atoms with E-state index in [-0.39, 0.29) is 6.10 Å². The van der Waals surface area contributed by atoms with Crippen molar-refractivity contribution in [2.75, 3.05) is 7.11 Å². The number of hydrogen-bond acceptors (Lipinski definition) is 4. The van der Waals surface area contributed by atoms with Crippen molar-refractivity contribution in [3.63, 3.8) is 0 Å². The van der Waals surface area contributed by atoms with Gasteiger partial charge < -0.3 is 10.5 Å². The molecule has 0 radical (unpaired) electrons. The zero-order valence-electron chi connectivity index (χ0n) is 8.62. The van der Waals surface area contributed by atoms with Crippen LogP contribution in [0.1, 0.15) is 34.5 Å². The van der Waals surface area contributed by atoms with E-state index >= 15 is 0 Å². The van der Waals surface area contributed by atoms with E-state index in [9.17, 15) is 0 Å². The van der Waals surface area contributed by atoms with Crippen LogP contribution in [0.4, 0.5) is 0 Å². The van der Waals surface area contributed by atoms with Gasteiger partial charge in [-0.1, -0.05) is 0 Å². The molecule has 4 heteroatoms. The Morgan fingerprint density at radius 3 is 2.79 bits per heavy atom. The molecule has 1 atom stereocenters. The van der Waals surface area contributed by atoms with E-state index in [4.69, 9.17) is 10.5 Å². The van der Waals surface area contributed by atoms with Gasteiger partial charge in [0.1, 0.15) is 11.1 Å². The summed E-state index contributed by atoms with van der Waals surface area (Å²) in [5.41, 5.74) is 6.69. The van der Waals surface area contributed by atoms with Crippen molar-refractivity contribution in [2.45, 2.75) is 32.4 Å². The third-order valence-corrected chi connectivity index (χ3v) is 3.88. The van der Waals surface area contributed by atoms with Gasteiger partial charge in [-0.3, -0.25) is 0 Å². The minimum atomic E-state index is 0.207. The van der Waals surface area contributed by atoms with Crippen molar-refractivity contribution >= 4 is 11.3 Å². The smallest absolute Gasteiger partial charge is 0.122 e. The molecule has 0 bridgehead atoms. The number of methoxy groups -OCH3 is 1. The average Bonchev–Trinajstić information content (AvgIpc) is 2.92. The first-order valence-electron chi connectivity index (χ1n) is 4.95. The number of ether oxygens (including phenoxy) is 1. The van der Waals surface area contributed by atoms with E-state index in [1.165, 1.54) is 17.7 Å². The number of nitrogens with two attached hydrogens (primary N) is 1. The second-order valence-corrected chi connectivity index (χ2v) is 4.87. The monoisotopic (exact) mass is 212 g/mol. The zero-order chi connectivity index (χ0) is 10.1. The highest BCUT2D eigenvalue weighted by Gasteiger charge is 2.34. The number of thiazole rings is 1. The van der Waals surface area contributed by atoms with Gasteiger partial charge in [0.15, 0.2) is 0 Å². The molecular weight excluding hydrogens is 196 g/mol. The summed E-state index contributed by atoms with van der Waals surface area (Å²) in [6.45, 7) is 2.60. The summed E-state index contributed by atoms with van der Waals surface area (Å²) < 4.78 is 5.48. The van der Waals surface area contributed by atoms with E-state index in [1.807, 2.05) is 6.92 Å². The Hall–Kier alpha value is -0.450. The molecule has 1 aliphatic carbocycles. The molecule has 1 aliphatic rings. The first-order valence-corrected chi connectivity index (χ1v) is 5.77. The molecule has 0 aliphatic heterocycles. The Morgan fingerprint density at radius 2 is 2.36 bits per heavy atom. The van der Waals surface area contributed by atoms with Crippen LogP contribution in [0.5, 0.6) is 0 Å². The van der Waals surface area contributed by atoms with E-state index in [0.29, 0.717) is 12.5 Å². The molecule has 0 saturated heterocycles. The molecular formula is C10H16N2OS. The van der Waals surface area contributed by atoms with E-state index in [2.05, 4.69) is 4.98 Å². The molecule has 14 heavy (non-hydrogen) atoms. The summed E-state index contributed by atoms with van der Waals surface area (Å²) in [6, 6.07) is 0. The lowest BCUT2D eigenvalue weighted by Gasteiger charge is -2.10. The summed E-state index contributed by atoms with van der Waals surface area (Å²) in [7, 11) is 1.77. The summed E-state index contributed by atoms with van der Waals surface area (Å²) in [6.07, 6.45) is 2.75. The van der Waals surface area contributed by atoms with Gasteiger partial charge in [0.05, 0.1) is 5.69 Å². The van der Waals surface area contributed by atoms with Gasteiger partial charge in [-0.05, 0) is 25.7 Å². The van der Waals surface area contributed by atoms with Gasteiger partial charge >= 0.3 is 0 Å². The molecule has 78 valence electrons. The van der Waals surface area contributed by atoms with Crippen LogP contribution in [0.3, 0.4) is 0 Å². The molecule has 1 aromatic heterocycles. The predicted molar refractivity (Wildman–Crippen MR) is 57.2 cm³/mol. The third kappa shape index (κ3) is 1.82. The number of aromatic nitrogens is 1. The highest BCUT2D eigenvalue weighted by molar-refractivity contribution is 7.11. The lowest BCUT2D eigenvalue weighted by atomic mass is 10.2. The Bertz CT molecular complexity index is 320. The van der Waals surface area contributed by atoms with Crippen molar-refractivity contribution in [1.82, 2.24) is 4.98 Å². The maximum atomic E-state index is 5.63. The minimum Gasteiger partial charge on any atom is -0.374 e. The molecule has 2 N–H and O–H groups in total. The zero-order valence-corrected chi connectivity index (χ0v) is 9.43. The third-order valence-electron chi connectivity index (χ3n) is 2.64. The molecule has 1 heterocycles. The van der Waals surface area contributed by atoms with Gasteiger partial charge in [-0.25, -0.2) is 4.98 Å². The largest absolute Gasteiger partial charge is 0.374 e. The summed E-state index contributed by atoms with van der Waals surface area (Å²) in [5, 5.41) is 1.10. The van der Waals surface area contributed by atoms with Gasteiger partial charge in [-0.15, -0.1) is 11.3 Å². The number of hydrogen-bond donors (Lipinski definition) is 1. The maximum absolute atomic E-state index is 5.63. The maximum Gasteiger partial charge on any atom is 0.122 e. The molecule has 0 aromatic carbocycles. The van der Waals surface area contributed by atoms with Crippen LogP contribution in [0.2, 0.25) is 0 Å². The standard InChI is InChI=1S/C10H16N2OS/c1-6-8(5-11)14-10(12-6)9(13-2)7-3-4-7/h7,9H,3-5,11H2,1-2H3. The van der Waals surface area contributed by atoms with Crippen LogP contribution in [0, 0.1) is 12.8 Å². The summed E-state index contributed by atoms with van der Waals surface area (Å²) in [5.74, 6) is 0.691. The van der Waals surface area contributed by atoms with Crippen LogP contribution in [-0.2, 0) is 11.3 Å². The quantitative estimate of drug-likeness (QED) is 0.830. The first kappa shape index (κ1) is 10.1. The van der Waals surface area contributed by atoms with E-state index in [0.717, 1.165) is 10.7 Å². The topological polar surface area (TPSA) is 48.1 Å². The van der Waals surface area contributed by atoms with Crippen molar-refractivity contribution in [3.05, 3.63) is 15.6 Å². The molecule has 2 rings (SSSR count). The van der Waals surface area contributed by atoms with Gasteiger partial charge in [0, 0.05) is 18.5 Å². The van der Waals surface area contributed by atoms with Crippen LogP contribution in [0.25, 0.3) is 0 Å². The van der Waals surface area contributed by atoms with Crippen molar-refractivity contribution in [2.24, 2.45) is 11.7 Å². The summed E-state index contributed by atoms with van der Waals surface area (Å²) in [4.78, 5) is 5.71. The Labute approximate surface area is 88.3 Å². The molecule has 1 saturated carbocycles. The number of nitrogens with zero attached hydrogens (tertiary/aromatic N) is 1. The van der Waals surface area contributed by atoms with E-state index < -0.39 is 0 Å². The average molecular weight is 212 g/mol. The second-order valence-electron chi connectivity index (χ2n) is 3.76. The fourth-order valence-electron chi connectivity index (χ4n) is 1.66. The van der Waals surface area contributed by atoms with Gasteiger partial charge in [0.25, 0.3) is 0 Å². The first-order chi connectivity index (χ1) is 6.76. The highest BCUT2D eigenvalue weighted by Crippen LogP contribution is 2.44. The predicted octanol–water partition coefficient (Wildman–Crippen LogP) is 2.01. The lowest BCUT2D eigenvalue weighted by Crippen LogP contribution is -2.02. The Balaban J connectivity index is 2.20. The van der Waals surface area contributed by atoms with Gasteiger partial charge in [0.2, 0.25) is 0 Å². The van der Waals surface area contributed by atoms with Crippen molar-refractivity contribution < 1.29 is 4.74 Å². The van der Waals surface area contributed by atoms with Crippen LogP contribution >= 0.6 is 11.3 Å².